The van der Waals surface area contributed by atoms with Crippen molar-refractivity contribution in [2.75, 3.05) is 13.2 Å². The number of likely N-dealkylation sites (N-methyl/N-ethyl adjacent to an activating group) is 1. The van der Waals surface area contributed by atoms with E-state index in [9.17, 15) is 17.6 Å². The van der Waals surface area contributed by atoms with E-state index in [1.54, 1.807) is 13.0 Å². The van der Waals surface area contributed by atoms with Gasteiger partial charge in [0, 0.05) is 12.0 Å². The number of hydrogen-bond donors (Lipinski definition) is 1. The molecule has 0 aromatic heterocycles. The molecule has 1 unspecified atom stereocenters. The molecule has 0 radical (unpaired) electrons. The molecule has 6 heteroatoms. The summed E-state index contributed by atoms with van der Waals surface area (Å²) in [6, 6.07) is 1.74. The fourth-order valence-electron chi connectivity index (χ4n) is 2.15. The van der Waals surface area contributed by atoms with Gasteiger partial charge in [-0.25, -0.2) is 4.39 Å². The maximum absolute atomic E-state index is 13.9. The van der Waals surface area contributed by atoms with E-state index in [0.717, 1.165) is 18.2 Å². The van der Waals surface area contributed by atoms with E-state index in [1.807, 2.05) is 0 Å². The van der Waals surface area contributed by atoms with Crippen LogP contribution in [-0.4, -0.2) is 13.2 Å². The number of nitrogens with one attached hydrogen (secondary N) is 1. The van der Waals surface area contributed by atoms with Crippen molar-refractivity contribution in [3.63, 3.8) is 0 Å². The first-order chi connectivity index (χ1) is 9.43. The molecule has 20 heavy (non-hydrogen) atoms. The van der Waals surface area contributed by atoms with Crippen molar-refractivity contribution < 1.29 is 22.3 Å². The van der Waals surface area contributed by atoms with Gasteiger partial charge in [-0.05, 0) is 30.8 Å². The molecule has 0 spiro atoms. The molecule has 1 aliphatic heterocycles. The van der Waals surface area contributed by atoms with Crippen molar-refractivity contribution in [1.29, 1.82) is 0 Å². The lowest BCUT2D eigenvalue weighted by molar-refractivity contribution is -0.137. The van der Waals surface area contributed by atoms with Gasteiger partial charge in [0.25, 0.3) is 0 Å². The van der Waals surface area contributed by atoms with E-state index in [-0.39, 0.29) is 5.56 Å². The average molecular weight is 289 g/mol. The van der Waals surface area contributed by atoms with Gasteiger partial charge in [-0.3, -0.25) is 0 Å². The fourth-order valence-corrected chi connectivity index (χ4v) is 2.15. The summed E-state index contributed by atoms with van der Waals surface area (Å²) in [6.07, 6.45) is -2.05. The second-order valence-electron chi connectivity index (χ2n) is 4.47. The van der Waals surface area contributed by atoms with Crippen LogP contribution in [0.25, 0.3) is 0 Å². The number of hydrogen-bond acceptors (Lipinski definition) is 2. The highest BCUT2D eigenvalue weighted by Crippen LogP contribution is 2.34. The van der Waals surface area contributed by atoms with Crippen LogP contribution in [0.3, 0.4) is 0 Å². The molecule has 1 N–H and O–H groups in total. The average Bonchev–Trinajstić information content (AvgIpc) is 2.89. The maximum atomic E-state index is 13.9. The minimum absolute atomic E-state index is 0.0465. The molecule has 2 rings (SSSR count). The predicted octanol–water partition coefficient (Wildman–Crippen LogP) is 3.80. The zero-order valence-electron chi connectivity index (χ0n) is 10.9. The smallest absolute Gasteiger partial charge is 0.416 e. The minimum Gasteiger partial charge on any atom is -0.496 e. The Morgan fingerprint density at radius 3 is 2.65 bits per heavy atom. The lowest BCUT2D eigenvalue weighted by atomic mass is 10.0. The van der Waals surface area contributed by atoms with Crippen LogP contribution < -0.4 is 5.32 Å². The Bertz CT molecular complexity index is 510. The molecule has 0 fully saturated rings. The summed E-state index contributed by atoms with van der Waals surface area (Å²) in [5.74, 6) is -0.203. The normalized spacial score (nSPS) is 16.8. The van der Waals surface area contributed by atoms with Crippen molar-refractivity contribution in [3.8, 4) is 0 Å². The number of rotatable bonds is 4. The third-order valence-electron chi connectivity index (χ3n) is 3.06. The molecule has 1 heterocycles. The van der Waals surface area contributed by atoms with E-state index in [1.165, 1.54) is 0 Å². The second-order valence-corrected chi connectivity index (χ2v) is 4.47. The highest BCUT2D eigenvalue weighted by atomic mass is 19.4. The lowest BCUT2D eigenvalue weighted by Gasteiger charge is -2.21. The van der Waals surface area contributed by atoms with Crippen LogP contribution in [0, 0.1) is 5.82 Å². The lowest BCUT2D eigenvalue weighted by Crippen LogP contribution is -2.24. The number of alkyl halides is 3. The summed E-state index contributed by atoms with van der Waals surface area (Å²) in [7, 11) is 0. The van der Waals surface area contributed by atoms with Crippen LogP contribution in [0.1, 0.15) is 30.5 Å². The first-order valence-corrected chi connectivity index (χ1v) is 6.36. The highest BCUT2D eigenvalue weighted by Gasteiger charge is 2.33. The Labute approximate surface area is 114 Å². The first kappa shape index (κ1) is 14.8. The minimum atomic E-state index is -4.50. The van der Waals surface area contributed by atoms with Gasteiger partial charge in [0.05, 0.1) is 18.2 Å². The number of benzene rings is 1. The summed E-state index contributed by atoms with van der Waals surface area (Å²) in [5, 5.41) is 2.96. The number of halogens is 4. The Morgan fingerprint density at radius 1 is 1.35 bits per heavy atom. The summed E-state index contributed by atoms with van der Waals surface area (Å²) >= 11 is 0. The van der Waals surface area contributed by atoms with E-state index < -0.39 is 23.6 Å². The first-order valence-electron chi connectivity index (χ1n) is 6.36. The van der Waals surface area contributed by atoms with Crippen molar-refractivity contribution in [2.24, 2.45) is 0 Å². The third-order valence-corrected chi connectivity index (χ3v) is 3.06. The predicted molar refractivity (Wildman–Crippen MR) is 66.5 cm³/mol. The molecule has 1 aromatic carbocycles. The molecule has 110 valence electrons. The third kappa shape index (κ3) is 3.12. The molecule has 1 aliphatic rings. The molecule has 0 amide bonds. The number of ether oxygens (including phenoxy) is 1. The van der Waals surface area contributed by atoms with Gasteiger partial charge in [0.2, 0.25) is 0 Å². The van der Waals surface area contributed by atoms with E-state index >= 15 is 0 Å². The summed E-state index contributed by atoms with van der Waals surface area (Å²) in [4.78, 5) is 0. The Morgan fingerprint density at radius 2 is 2.10 bits per heavy atom. The van der Waals surface area contributed by atoms with Gasteiger partial charge in [0.15, 0.2) is 0 Å². The van der Waals surface area contributed by atoms with Crippen LogP contribution >= 0.6 is 0 Å². The van der Waals surface area contributed by atoms with Gasteiger partial charge in [-0.2, -0.15) is 13.2 Å². The van der Waals surface area contributed by atoms with Crippen molar-refractivity contribution >= 4 is 0 Å². The van der Waals surface area contributed by atoms with Crippen LogP contribution in [0.5, 0.6) is 0 Å². The molecule has 1 atom stereocenters. The van der Waals surface area contributed by atoms with E-state index in [2.05, 4.69) is 5.32 Å². The van der Waals surface area contributed by atoms with Gasteiger partial charge in [0.1, 0.15) is 11.6 Å². The summed E-state index contributed by atoms with van der Waals surface area (Å²) < 4.78 is 57.5. The van der Waals surface area contributed by atoms with Gasteiger partial charge >= 0.3 is 6.18 Å². The molecular formula is C14H15F4NO. The molecular weight excluding hydrogens is 274 g/mol. The van der Waals surface area contributed by atoms with Crippen molar-refractivity contribution in [2.45, 2.75) is 25.6 Å². The fraction of sp³-hybridized carbons (Fsp3) is 0.429. The van der Waals surface area contributed by atoms with Crippen molar-refractivity contribution in [3.05, 3.63) is 47.0 Å². The van der Waals surface area contributed by atoms with Crippen LogP contribution in [0.15, 0.2) is 30.0 Å². The van der Waals surface area contributed by atoms with Gasteiger partial charge in [-0.15, -0.1) is 0 Å². The van der Waals surface area contributed by atoms with Crippen LogP contribution in [-0.2, 0) is 10.9 Å². The van der Waals surface area contributed by atoms with E-state index in [0.29, 0.717) is 25.3 Å². The highest BCUT2D eigenvalue weighted by molar-refractivity contribution is 5.33. The van der Waals surface area contributed by atoms with E-state index in [4.69, 9.17) is 4.74 Å². The zero-order chi connectivity index (χ0) is 14.8. The van der Waals surface area contributed by atoms with Gasteiger partial charge < -0.3 is 10.1 Å². The Hall–Kier alpha value is -1.56. The van der Waals surface area contributed by atoms with Crippen LogP contribution in [0.2, 0.25) is 0 Å². The standard InChI is InChI=1S/C14H15F4NO/c1-2-19-13(12-4-3-7-20-12)10-8-9(14(16,17)18)5-6-11(10)15/h4-6,8,13,19H,2-3,7H2,1H3. The molecule has 0 bridgehead atoms. The molecule has 0 saturated heterocycles. The molecule has 2 nitrogen and oxygen atoms in total. The second kappa shape index (κ2) is 5.83. The zero-order valence-corrected chi connectivity index (χ0v) is 10.9. The SMILES string of the molecule is CCNC(C1=CCCO1)c1cc(C(F)(F)F)ccc1F. The summed E-state index contributed by atoms with van der Waals surface area (Å²) in [6.45, 7) is 2.76. The van der Waals surface area contributed by atoms with Crippen LogP contribution in [0.4, 0.5) is 17.6 Å². The molecule has 0 aliphatic carbocycles. The van der Waals surface area contributed by atoms with Crippen molar-refractivity contribution in [1.82, 2.24) is 5.32 Å². The Balaban J connectivity index is 2.41. The Kier molecular flexibility index (Phi) is 4.32. The largest absolute Gasteiger partial charge is 0.496 e. The van der Waals surface area contributed by atoms with Gasteiger partial charge in [-0.1, -0.05) is 6.92 Å². The topological polar surface area (TPSA) is 21.3 Å². The molecule has 0 saturated carbocycles. The maximum Gasteiger partial charge on any atom is 0.416 e. The molecule has 1 aromatic rings. The quantitative estimate of drug-likeness (QED) is 0.851. The summed E-state index contributed by atoms with van der Waals surface area (Å²) in [5.41, 5.74) is -0.912. The monoisotopic (exact) mass is 289 g/mol.